The number of hydrogen-bond acceptors (Lipinski definition) is 5. The van der Waals surface area contributed by atoms with E-state index in [1.165, 1.54) is 45.1 Å². The number of urea groups is 1. The van der Waals surface area contributed by atoms with Crippen LogP contribution in [0, 0.1) is 18.8 Å². The number of nitrogens with one attached hydrogen (secondary N) is 1. The average Bonchev–Trinajstić information content (AvgIpc) is 3.23. The lowest BCUT2D eigenvalue weighted by Gasteiger charge is -2.44. The Labute approximate surface area is 220 Å². The SMILES string of the molecule is COc1cc2c(c(OC)c1)C(C1C=CC=C(OC(F)(F)F)C1C)N(C(=O)Nc1cc(C)oc1C(F)(F)F)CC2. The van der Waals surface area contributed by atoms with Crippen molar-refractivity contribution >= 4 is 11.7 Å². The van der Waals surface area contributed by atoms with Crippen molar-refractivity contribution in [3.8, 4) is 11.5 Å². The van der Waals surface area contributed by atoms with Crippen LogP contribution in [0.25, 0.3) is 0 Å². The molecule has 13 heteroatoms. The molecule has 1 aromatic heterocycles. The summed E-state index contributed by atoms with van der Waals surface area (Å²) in [6, 6.07) is 2.56. The first-order valence-corrected chi connectivity index (χ1v) is 11.9. The predicted molar refractivity (Wildman–Crippen MR) is 127 cm³/mol. The van der Waals surface area contributed by atoms with Crippen molar-refractivity contribution in [3.63, 3.8) is 0 Å². The number of alkyl halides is 6. The lowest BCUT2D eigenvalue weighted by molar-refractivity contribution is -0.309. The molecule has 1 aromatic carbocycles. The van der Waals surface area contributed by atoms with Crippen LogP contribution in [0.4, 0.5) is 36.8 Å². The molecule has 2 amide bonds. The molecule has 2 aliphatic rings. The normalized spacial score (nSPS) is 21.2. The van der Waals surface area contributed by atoms with Gasteiger partial charge in [-0.1, -0.05) is 19.1 Å². The molecule has 7 nitrogen and oxygen atoms in total. The molecule has 2 heterocycles. The van der Waals surface area contributed by atoms with Gasteiger partial charge in [-0.3, -0.25) is 0 Å². The molecule has 1 aliphatic heterocycles. The van der Waals surface area contributed by atoms with Crippen LogP contribution in [-0.2, 0) is 17.3 Å². The van der Waals surface area contributed by atoms with E-state index in [4.69, 9.17) is 13.9 Å². The molecule has 1 aliphatic carbocycles. The minimum Gasteiger partial charge on any atom is -0.497 e. The number of halogens is 6. The zero-order valence-electron chi connectivity index (χ0n) is 21.4. The number of ether oxygens (including phenoxy) is 3. The summed E-state index contributed by atoms with van der Waals surface area (Å²) in [5, 5.41) is 2.29. The van der Waals surface area contributed by atoms with Gasteiger partial charge in [0.2, 0.25) is 5.76 Å². The van der Waals surface area contributed by atoms with Crippen molar-refractivity contribution < 1.29 is 49.8 Å². The Kier molecular flexibility index (Phi) is 7.55. The number of anilines is 1. The van der Waals surface area contributed by atoms with Gasteiger partial charge in [-0.15, -0.1) is 13.2 Å². The number of methoxy groups -OCH3 is 2. The fourth-order valence-corrected chi connectivity index (χ4v) is 5.08. The van der Waals surface area contributed by atoms with Gasteiger partial charge in [-0.2, -0.15) is 13.2 Å². The summed E-state index contributed by atoms with van der Waals surface area (Å²) >= 11 is 0. The van der Waals surface area contributed by atoms with Gasteiger partial charge in [0.05, 0.1) is 25.9 Å². The van der Waals surface area contributed by atoms with Gasteiger partial charge < -0.3 is 28.8 Å². The van der Waals surface area contributed by atoms with Crippen molar-refractivity contribution in [2.45, 2.75) is 38.8 Å². The first kappa shape index (κ1) is 28.2. The molecule has 39 heavy (non-hydrogen) atoms. The molecular formula is C26H26F6N2O5. The highest BCUT2D eigenvalue weighted by Gasteiger charge is 2.45. The maximum atomic E-state index is 13.5. The van der Waals surface area contributed by atoms with E-state index in [1.807, 2.05) is 0 Å². The Morgan fingerprint density at radius 3 is 2.44 bits per heavy atom. The summed E-state index contributed by atoms with van der Waals surface area (Å²) in [7, 11) is 2.86. The number of nitrogens with zero attached hydrogens (tertiary/aromatic N) is 1. The second-order valence-corrected chi connectivity index (χ2v) is 9.19. The third-order valence-electron chi connectivity index (χ3n) is 6.74. The number of allylic oxidation sites excluding steroid dienone is 3. The minimum absolute atomic E-state index is 0.0498. The zero-order chi connectivity index (χ0) is 28.7. The molecule has 0 spiro atoms. The fraction of sp³-hybridized carbons (Fsp3) is 0.423. The average molecular weight is 560 g/mol. The maximum Gasteiger partial charge on any atom is 0.572 e. The molecule has 4 rings (SSSR count). The Morgan fingerprint density at radius 2 is 1.82 bits per heavy atom. The van der Waals surface area contributed by atoms with Crippen LogP contribution in [-0.4, -0.2) is 38.1 Å². The van der Waals surface area contributed by atoms with Gasteiger partial charge in [0.25, 0.3) is 0 Å². The number of furan rings is 1. The molecule has 0 radical (unpaired) electrons. The molecule has 0 fully saturated rings. The third-order valence-corrected chi connectivity index (χ3v) is 6.74. The number of carbonyl (C=O) groups is 1. The highest BCUT2D eigenvalue weighted by atomic mass is 19.4. The minimum atomic E-state index is -4.93. The summed E-state index contributed by atoms with van der Waals surface area (Å²) in [5.41, 5.74) is 0.669. The quantitative estimate of drug-likeness (QED) is 0.399. The summed E-state index contributed by atoms with van der Waals surface area (Å²) in [6.45, 7) is 2.88. The zero-order valence-corrected chi connectivity index (χ0v) is 21.4. The smallest absolute Gasteiger partial charge is 0.497 e. The fourth-order valence-electron chi connectivity index (χ4n) is 5.08. The van der Waals surface area contributed by atoms with Gasteiger partial charge in [-0.05, 0) is 31.1 Å². The van der Waals surface area contributed by atoms with E-state index >= 15 is 0 Å². The molecule has 3 unspecified atom stereocenters. The first-order chi connectivity index (χ1) is 18.2. The van der Waals surface area contributed by atoms with E-state index in [2.05, 4.69) is 10.1 Å². The number of aryl methyl sites for hydroxylation is 1. The number of rotatable bonds is 5. The Hall–Kier alpha value is -3.77. The summed E-state index contributed by atoms with van der Waals surface area (Å²) < 4.78 is 99.8. The monoisotopic (exact) mass is 560 g/mol. The molecule has 212 valence electrons. The topological polar surface area (TPSA) is 73.2 Å². The van der Waals surface area contributed by atoms with Crippen LogP contribution in [0.1, 0.15) is 35.6 Å². The van der Waals surface area contributed by atoms with Gasteiger partial charge in [-0.25, -0.2) is 4.79 Å². The Bertz CT molecular complexity index is 1280. The van der Waals surface area contributed by atoms with E-state index in [9.17, 15) is 31.1 Å². The highest BCUT2D eigenvalue weighted by Crippen LogP contribution is 2.48. The number of benzene rings is 1. The molecule has 0 saturated carbocycles. The van der Waals surface area contributed by atoms with Crippen LogP contribution in [0.2, 0.25) is 0 Å². The van der Waals surface area contributed by atoms with Crippen molar-refractivity contribution in [2.75, 3.05) is 26.1 Å². The van der Waals surface area contributed by atoms with Crippen molar-refractivity contribution in [1.29, 1.82) is 0 Å². The van der Waals surface area contributed by atoms with Crippen molar-refractivity contribution in [3.05, 3.63) is 64.8 Å². The maximum absolute atomic E-state index is 13.5. The second-order valence-electron chi connectivity index (χ2n) is 9.19. The number of hydrogen-bond donors (Lipinski definition) is 1. The van der Waals surface area contributed by atoms with Gasteiger partial charge in [0.15, 0.2) is 0 Å². The second kappa shape index (κ2) is 10.4. The molecule has 1 N–H and O–H groups in total. The predicted octanol–water partition coefficient (Wildman–Crippen LogP) is 7.00. The van der Waals surface area contributed by atoms with Crippen LogP contribution in [0.15, 0.2) is 46.6 Å². The number of fused-ring (bicyclic) bond motifs is 1. The first-order valence-electron chi connectivity index (χ1n) is 11.9. The van der Waals surface area contributed by atoms with Crippen molar-refractivity contribution in [1.82, 2.24) is 4.90 Å². The van der Waals surface area contributed by atoms with Crippen LogP contribution < -0.4 is 14.8 Å². The van der Waals surface area contributed by atoms with Crippen molar-refractivity contribution in [2.24, 2.45) is 11.8 Å². The molecular weight excluding hydrogens is 534 g/mol. The summed E-state index contributed by atoms with van der Waals surface area (Å²) in [5.74, 6) is -2.62. The molecule has 0 saturated heterocycles. The van der Waals surface area contributed by atoms with E-state index < -0.39 is 47.9 Å². The summed E-state index contributed by atoms with van der Waals surface area (Å²) in [4.78, 5) is 14.8. The molecule has 0 bridgehead atoms. The molecule has 2 aromatic rings. The third kappa shape index (κ3) is 5.81. The van der Waals surface area contributed by atoms with E-state index in [-0.39, 0.29) is 24.5 Å². The number of carbonyl (C=O) groups excluding carboxylic acids is 1. The Morgan fingerprint density at radius 1 is 1.10 bits per heavy atom. The largest absolute Gasteiger partial charge is 0.572 e. The van der Waals surface area contributed by atoms with Crippen LogP contribution >= 0.6 is 0 Å². The van der Waals surface area contributed by atoms with E-state index in [1.54, 1.807) is 18.2 Å². The molecule has 3 atom stereocenters. The van der Waals surface area contributed by atoms with E-state index in [0.29, 0.717) is 17.1 Å². The standard InChI is InChI=1S/C26H26F6N2O5/c1-13-10-18(23(38-13)25(27,28)29)33-24(35)34-9-8-15-11-16(36-3)12-20(37-4)21(15)22(34)17-6-5-7-19(14(17)2)39-26(30,31)32/h5-7,10-12,14,17,22H,8-9H2,1-4H3,(H,33,35). The lowest BCUT2D eigenvalue weighted by Crippen LogP contribution is -2.47. The van der Waals surface area contributed by atoms with Crippen LogP contribution in [0.5, 0.6) is 11.5 Å². The lowest BCUT2D eigenvalue weighted by atomic mass is 9.76. The van der Waals surface area contributed by atoms with Gasteiger partial charge >= 0.3 is 18.6 Å². The van der Waals surface area contributed by atoms with Gasteiger partial charge in [0, 0.05) is 36.1 Å². The van der Waals surface area contributed by atoms with Gasteiger partial charge in [0.1, 0.15) is 23.0 Å². The highest BCUT2D eigenvalue weighted by molar-refractivity contribution is 5.90. The van der Waals surface area contributed by atoms with Crippen LogP contribution in [0.3, 0.4) is 0 Å². The number of amides is 2. The summed E-state index contributed by atoms with van der Waals surface area (Å²) in [6.07, 6.45) is -5.28. The Balaban J connectivity index is 1.78. The van der Waals surface area contributed by atoms with E-state index in [0.717, 1.165) is 11.6 Å².